The van der Waals surface area contributed by atoms with E-state index in [-0.39, 0.29) is 0 Å². The van der Waals surface area contributed by atoms with Crippen LogP contribution in [0, 0.1) is 0 Å². The Bertz CT molecular complexity index is 449. The van der Waals surface area contributed by atoms with Crippen LogP contribution in [0.3, 0.4) is 0 Å². The van der Waals surface area contributed by atoms with E-state index in [4.69, 9.17) is 5.11 Å². The molecule has 6 nitrogen and oxygen atoms in total. The van der Waals surface area contributed by atoms with Crippen molar-refractivity contribution in [1.82, 2.24) is 10.2 Å². The van der Waals surface area contributed by atoms with Gasteiger partial charge in [0, 0.05) is 6.04 Å². The number of likely N-dealkylation sites (tertiary alicyclic amines) is 1. The van der Waals surface area contributed by atoms with Gasteiger partial charge in [0.05, 0.1) is 12.5 Å². The first-order valence-electron chi connectivity index (χ1n) is 5.85. The highest BCUT2D eigenvalue weighted by molar-refractivity contribution is 6.06. The number of hydrogen-bond acceptors (Lipinski definition) is 4. The van der Waals surface area contributed by atoms with Crippen LogP contribution in [-0.2, 0) is 14.4 Å². The number of carbonyl (C=O) groups is 3. The minimum Gasteiger partial charge on any atom is -0.480 e. The molecule has 1 rings (SSSR count). The average Bonchev–Trinajstić information content (AvgIpc) is 2.51. The van der Waals surface area contributed by atoms with Crippen molar-refractivity contribution in [3.05, 3.63) is 0 Å². The summed E-state index contributed by atoms with van der Waals surface area (Å²) in [5.74, 6) is -3.63. The van der Waals surface area contributed by atoms with E-state index < -0.39 is 48.0 Å². The summed E-state index contributed by atoms with van der Waals surface area (Å²) in [5.41, 5.74) is -3.29. The zero-order valence-corrected chi connectivity index (χ0v) is 11.1. The molecule has 9 heteroatoms. The highest BCUT2D eigenvalue weighted by atomic mass is 19.4. The van der Waals surface area contributed by atoms with Crippen LogP contribution in [0.5, 0.6) is 0 Å². The minimum atomic E-state index is -5.10. The van der Waals surface area contributed by atoms with Gasteiger partial charge in [0.1, 0.15) is 0 Å². The number of alkyl halides is 3. The Kier molecular flexibility index (Phi) is 4.14. The van der Waals surface area contributed by atoms with Crippen LogP contribution in [-0.4, -0.2) is 51.6 Å². The number of imide groups is 1. The molecule has 0 spiro atoms. The molecule has 1 fully saturated rings. The van der Waals surface area contributed by atoms with Gasteiger partial charge in [-0.3, -0.25) is 19.8 Å². The molecule has 0 aromatic carbocycles. The second-order valence-corrected chi connectivity index (χ2v) is 5.02. The van der Waals surface area contributed by atoms with Crippen LogP contribution < -0.4 is 5.32 Å². The Labute approximate surface area is 112 Å². The van der Waals surface area contributed by atoms with Gasteiger partial charge in [0.15, 0.2) is 0 Å². The van der Waals surface area contributed by atoms with Crippen LogP contribution in [0.4, 0.5) is 13.2 Å². The molecule has 2 unspecified atom stereocenters. The zero-order chi connectivity index (χ0) is 15.9. The van der Waals surface area contributed by atoms with Gasteiger partial charge < -0.3 is 5.11 Å². The fourth-order valence-electron chi connectivity index (χ4n) is 1.92. The van der Waals surface area contributed by atoms with E-state index in [0.717, 1.165) is 4.90 Å². The largest absolute Gasteiger partial charge is 0.480 e. The lowest BCUT2D eigenvalue weighted by molar-refractivity contribution is -0.207. The summed E-state index contributed by atoms with van der Waals surface area (Å²) in [6.45, 7) is 3.50. The van der Waals surface area contributed by atoms with Gasteiger partial charge in [0.2, 0.25) is 17.4 Å². The first-order chi connectivity index (χ1) is 8.91. The number of nitrogens with zero attached hydrogens (tertiary/aromatic N) is 1. The molecule has 0 aromatic heterocycles. The second kappa shape index (κ2) is 5.04. The van der Waals surface area contributed by atoms with E-state index in [2.05, 4.69) is 0 Å². The number of aliphatic carboxylic acids is 1. The Hall–Kier alpha value is -1.64. The first-order valence-corrected chi connectivity index (χ1v) is 5.85. The predicted molar refractivity (Wildman–Crippen MR) is 60.6 cm³/mol. The van der Waals surface area contributed by atoms with Gasteiger partial charge in [0.25, 0.3) is 0 Å². The smallest absolute Gasteiger partial charge is 0.417 e. The Morgan fingerprint density at radius 2 is 1.90 bits per heavy atom. The molecule has 2 atom stereocenters. The molecule has 20 heavy (non-hydrogen) atoms. The van der Waals surface area contributed by atoms with Crippen molar-refractivity contribution in [3.8, 4) is 0 Å². The van der Waals surface area contributed by atoms with Crippen LogP contribution in [0.15, 0.2) is 0 Å². The molecule has 2 N–H and O–H groups in total. The summed E-state index contributed by atoms with van der Waals surface area (Å²) in [5, 5.41) is 10.5. The quantitative estimate of drug-likeness (QED) is 0.739. The highest BCUT2D eigenvalue weighted by Gasteiger charge is 2.59. The lowest BCUT2D eigenvalue weighted by atomic mass is 10.00. The van der Waals surface area contributed by atoms with Crippen LogP contribution >= 0.6 is 0 Å². The molecule has 0 bridgehead atoms. The molecule has 1 saturated heterocycles. The van der Waals surface area contributed by atoms with Gasteiger partial charge in [-0.05, 0) is 20.8 Å². The molecule has 114 valence electrons. The van der Waals surface area contributed by atoms with E-state index in [1.807, 2.05) is 0 Å². The number of amides is 2. The number of carboxylic acids is 1. The molecular weight excluding hydrogens is 281 g/mol. The summed E-state index contributed by atoms with van der Waals surface area (Å²) in [7, 11) is 0. The number of halogens is 3. The maximum Gasteiger partial charge on any atom is 0.417 e. The summed E-state index contributed by atoms with van der Waals surface area (Å²) in [4.78, 5) is 35.1. The molecule has 2 amide bonds. The third-order valence-electron chi connectivity index (χ3n) is 3.16. The zero-order valence-electron chi connectivity index (χ0n) is 11.1. The summed E-state index contributed by atoms with van der Waals surface area (Å²) in [6.07, 6.45) is -5.59. The van der Waals surface area contributed by atoms with Crippen molar-refractivity contribution in [3.63, 3.8) is 0 Å². The second-order valence-electron chi connectivity index (χ2n) is 5.02. The van der Waals surface area contributed by atoms with Crippen molar-refractivity contribution >= 4 is 17.8 Å². The molecule has 0 saturated carbocycles. The fraction of sp³-hybridized carbons (Fsp3) is 0.727. The van der Waals surface area contributed by atoms with Crippen molar-refractivity contribution in [1.29, 1.82) is 0 Å². The molecule has 0 aromatic rings. The molecule has 1 heterocycles. The van der Waals surface area contributed by atoms with Crippen molar-refractivity contribution in [2.45, 2.75) is 51.0 Å². The Balaban J connectivity index is 3.01. The summed E-state index contributed by atoms with van der Waals surface area (Å²) < 4.78 is 38.5. The number of hydrogen-bond donors (Lipinski definition) is 2. The summed E-state index contributed by atoms with van der Waals surface area (Å²) >= 11 is 0. The highest BCUT2D eigenvalue weighted by Crippen LogP contribution is 2.32. The maximum atomic E-state index is 12.8. The van der Waals surface area contributed by atoms with Crippen molar-refractivity contribution < 1.29 is 32.7 Å². The predicted octanol–water partition coefficient (Wildman–Crippen LogP) is 0.517. The number of carboxylic acid groups (broad SMARTS) is 1. The number of nitrogens with one attached hydrogen (secondary N) is 1. The third kappa shape index (κ3) is 2.62. The standard InChI is InChI=1S/C11H15F3N2O4/c1-5(2)16-7(17)4-6(8(16)18)15-10(3,9(19)20)11(12,13)14/h5-6,15H,4H2,1-3H3,(H,19,20). The maximum absolute atomic E-state index is 12.8. The molecule has 0 aliphatic carbocycles. The van der Waals surface area contributed by atoms with Crippen LogP contribution in [0.25, 0.3) is 0 Å². The van der Waals surface area contributed by atoms with Crippen LogP contribution in [0.2, 0.25) is 0 Å². The molecular formula is C11H15F3N2O4. The summed E-state index contributed by atoms with van der Waals surface area (Å²) in [6, 6.07) is -1.99. The minimum absolute atomic E-state index is 0.422. The Morgan fingerprint density at radius 3 is 2.20 bits per heavy atom. The van der Waals surface area contributed by atoms with Crippen molar-refractivity contribution in [2.75, 3.05) is 0 Å². The topological polar surface area (TPSA) is 86.7 Å². The molecule has 1 aliphatic heterocycles. The van der Waals surface area contributed by atoms with Crippen molar-refractivity contribution in [2.24, 2.45) is 0 Å². The average molecular weight is 296 g/mol. The third-order valence-corrected chi connectivity index (χ3v) is 3.16. The van der Waals surface area contributed by atoms with E-state index in [1.54, 1.807) is 19.2 Å². The lowest BCUT2D eigenvalue weighted by Crippen LogP contribution is -2.64. The van der Waals surface area contributed by atoms with Gasteiger partial charge in [-0.2, -0.15) is 13.2 Å². The van der Waals surface area contributed by atoms with E-state index >= 15 is 0 Å². The van der Waals surface area contributed by atoms with E-state index in [0.29, 0.717) is 6.92 Å². The number of rotatable bonds is 4. The normalized spacial score (nSPS) is 23.4. The van der Waals surface area contributed by atoms with E-state index in [9.17, 15) is 27.6 Å². The lowest BCUT2D eigenvalue weighted by Gasteiger charge is -2.31. The SMILES string of the molecule is CC(C)N1C(=O)CC(NC(C)(C(=O)O)C(F)(F)F)C1=O. The first kappa shape index (κ1) is 16.4. The molecule has 0 radical (unpaired) electrons. The Morgan fingerprint density at radius 1 is 1.40 bits per heavy atom. The van der Waals surface area contributed by atoms with Gasteiger partial charge >= 0.3 is 12.1 Å². The van der Waals surface area contributed by atoms with Gasteiger partial charge in [-0.25, -0.2) is 4.79 Å². The van der Waals surface area contributed by atoms with Crippen LogP contribution in [0.1, 0.15) is 27.2 Å². The fourth-order valence-corrected chi connectivity index (χ4v) is 1.92. The molecule has 1 aliphatic rings. The van der Waals surface area contributed by atoms with Gasteiger partial charge in [-0.15, -0.1) is 0 Å². The monoisotopic (exact) mass is 296 g/mol. The van der Waals surface area contributed by atoms with Gasteiger partial charge in [-0.1, -0.05) is 0 Å². The number of carbonyl (C=O) groups excluding carboxylic acids is 2. The van der Waals surface area contributed by atoms with E-state index in [1.165, 1.54) is 0 Å².